The second-order valence-electron chi connectivity index (χ2n) is 5.73. The lowest BCUT2D eigenvalue weighted by Gasteiger charge is -2.02. The van der Waals surface area contributed by atoms with E-state index in [-0.39, 0.29) is 31.2 Å². The van der Waals surface area contributed by atoms with Gasteiger partial charge in [-0.2, -0.15) is 5.10 Å². The van der Waals surface area contributed by atoms with E-state index in [1.807, 2.05) is 30.3 Å². The van der Waals surface area contributed by atoms with E-state index < -0.39 is 0 Å². The molecule has 0 radical (unpaired) electrons. The molecule has 3 N–H and O–H groups in total. The van der Waals surface area contributed by atoms with E-state index >= 15 is 0 Å². The van der Waals surface area contributed by atoms with E-state index in [9.17, 15) is 9.18 Å². The smallest absolute Gasteiger partial charge is 0.327 e. The molecule has 0 fully saturated rings. The number of rotatable bonds is 4. The van der Waals surface area contributed by atoms with Crippen LogP contribution in [0.1, 0.15) is 0 Å². The number of hydrogen-bond acceptors (Lipinski definition) is 4. The SMILES string of the molecule is Cl.NC/C(=C\F)Cn1nc2cc(-c3ccc4cn[nH]c4c3)ccn2c1=O. The van der Waals surface area contributed by atoms with E-state index in [0.717, 1.165) is 22.0 Å². The first kappa shape index (κ1) is 17.8. The third-order valence-corrected chi connectivity index (χ3v) is 4.13. The summed E-state index contributed by atoms with van der Waals surface area (Å²) in [5, 5.41) is 12.2. The van der Waals surface area contributed by atoms with Crippen molar-refractivity contribution in [3.05, 3.63) is 65.1 Å². The van der Waals surface area contributed by atoms with Crippen LogP contribution in [-0.4, -0.2) is 30.9 Å². The Labute approximate surface area is 153 Å². The van der Waals surface area contributed by atoms with Gasteiger partial charge in [-0.3, -0.25) is 9.50 Å². The Morgan fingerprint density at radius 3 is 2.85 bits per heavy atom. The highest BCUT2D eigenvalue weighted by Crippen LogP contribution is 2.23. The van der Waals surface area contributed by atoms with Crippen molar-refractivity contribution in [2.24, 2.45) is 5.73 Å². The molecule has 0 atom stereocenters. The molecule has 3 heterocycles. The van der Waals surface area contributed by atoms with E-state index in [0.29, 0.717) is 17.6 Å². The van der Waals surface area contributed by atoms with Crippen molar-refractivity contribution >= 4 is 29.0 Å². The minimum absolute atomic E-state index is 0. The normalized spacial score (nSPS) is 11.8. The second kappa shape index (κ2) is 7.11. The van der Waals surface area contributed by atoms with Crippen LogP contribution < -0.4 is 11.4 Å². The fourth-order valence-corrected chi connectivity index (χ4v) is 2.75. The summed E-state index contributed by atoms with van der Waals surface area (Å²) in [6, 6.07) is 9.60. The van der Waals surface area contributed by atoms with E-state index in [4.69, 9.17) is 5.73 Å². The van der Waals surface area contributed by atoms with Crippen LogP contribution >= 0.6 is 12.4 Å². The molecule has 4 rings (SSSR count). The van der Waals surface area contributed by atoms with Gasteiger partial charge in [0.1, 0.15) is 0 Å². The third-order valence-electron chi connectivity index (χ3n) is 4.13. The van der Waals surface area contributed by atoms with Crippen molar-refractivity contribution in [1.82, 2.24) is 24.4 Å². The molecule has 0 aliphatic rings. The maximum atomic E-state index is 12.7. The quantitative estimate of drug-likeness (QED) is 0.573. The van der Waals surface area contributed by atoms with Gasteiger partial charge in [-0.05, 0) is 34.9 Å². The molecule has 3 aromatic heterocycles. The summed E-state index contributed by atoms with van der Waals surface area (Å²) in [5.74, 6) is 0. The Balaban J connectivity index is 0.00000196. The van der Waals surface area contributed by atoms with Gasteiger partial charge in [0.05, 0.1) is 24.6 Å². The minimum atomic E-state index is -0.335. The molecular formula is C17H16ClFN6O. The first-order valence-corrected chi connectivity index (χ1v) is 7.70. The monoisotopic (exact) mass is 374 g/mol. The lowest BCUT2D eigenvalue weighted by molar-refractivity contribution is 0.616. The van der Waals surface area contributed by atoms with Gasteiger partial charge in [-0.25, -0.2) is 13.9 Å². The molecular weight excluding hydrogens is 359 g/mol. The fraction of sp³-hybridized carbons (Fsp3) is 0.118. The standard InChI is InChI=1S/C17H15FN6O.ClH/c18-7-11(8-19)10-24-17(25)23-4-3-13(6-16(23)22-24)12-1-2-14-9-20-21-15(14)5-12;/h1-7,9H,8,10,19H2,(H,20,21);1H/b11-7+;. The van der Waals surface area contributed by atoms with E-state index in [1.165, 1.54) is 9.08 Å². The van der Waals surface area contributed by atoms with E-state index in [2.05, 4.69) is 15.3 Å². The lowest BCUT2D eigenvalue weighted by atomic mass is 10.1. The van der Waals surface area contributed by atoms with Crippen LogP contribution in [0.4, 0.5) is 4.39 Å². The topological polar surface area (TPSA) is 94.0 Å². The van der Waals surface area contributed by atoms with Crippen molar-refractivity contribution in [2.75, 3.05) is 6.54 Å². The Morgan fingerprint density at radius 2 is 2.08 bits per heavy atom. The number of nitrogens with zero attached hydrogens (tertiary/aromatic N) is 4. The molecule has 134 valence electrons. The summed E-state index contributed by atoms with van der Waals surface area (Å²) in [7, 11) is 0. The fourth-order valence-electron chi connectivity index (χ4n) is 2.75. The summed E-state index contributed by atoms with van der Waals surface area (Å²) in [4.78, 5) is 12.3. The molecule has 0 saturated heterocycles. The van der Waals surface area contributed by atoms with Gasteiger partial charge in [-0.1, -0.05) is 12.1 Å². The highest BCUT2D eigenvalue weighted by molar-refractivity contribution is 5.85. The highest BCUT2D eigenvalue weighted by atomic mass is 35.5. The molecule has 0 aliphatic carbocycles. The zero-order valence-corrected chi connectivity index (χ0v) is 14.4. The minimum Gasteiger partial charge on any atom is -0.327 e. The number of aromatic nitrogens is 5. The van der Waals surface area contributed by atoms with Gasteiger partial charge in [0.15, 0.2) is 5.65 Å². The van der Waals surface area contributed by atoms with Crippen LogP contribution in [0.5, 0.6) is 0 Å². The zero-order chi connectivity index (χ0) is 17.4. The number of halogens is 2. The molecule has 0 amide bonds. The largest absolute Gasteiger partial charge is 0.350 e. The number of pyridine rings is 1. The summed E-state index contributed by atoms with van der Waals surface area (Å²) in [6.07, 6.45) is 3.84. The van der Waals surface area contributed by atoms with Crippen LogP contribution in [0.3, 0.4) is 0 Å². The van der Waals surface area contributed by atoms with Crippen molar-refractivity contribution < 1.29 is 4.39 Å². The number of aromatic amines is 1. The predicted molar refractivity (Wildman–Crippen MR) is 100 cm³/mol. The van der Waals surface area contributed by atoms with Crippen LogP contribution in [-0.2, 0) is 6.54 Å². The first-order valence-electron chi connectivity index (χ1n) is 7.70. The number of nitrogens with one attached hydrogen (secondary N) is 1. The summed E-state index contributed by atoms with van der Waals surface area (Å²) >= 11 is 0. The molecule has 1 aromatic carbocycles. The van der Waals surface area contributed by atoms with Gasteiger partial charge >= 0.3 is 5.69 Å². The number of hydrogen-bond donors (Lipinski definition) is 2. The molecule has 0 saturated carbocycles. The summed E-state index contributed by atoms with van der Waals surface area (Å²) < 4.78 is 15.3. The molecule has 0 unspecified atom stereocenters. The molecule has 9 heteroatoms. The maximum Gasteiger partial charge on any atom is 0.350 e. The number of fused-ring (bicyclic) bond motifs is 2. The van der Waals surface area contributed by atoms with Gasteiger partial charge in [0.2, 0.25) is 0 Å². The Morgan fingerprint density at radius 1 is 1.27 bits per heavy atom. The summed E-state index contributed by atoms with van der Waals surface area (Å²) in [6.45, 7) is 0.0647. The zero-order valence-electron chi connectivity index (χ0n) is 13.6. The van der Waals surface area contributed by atoms with Crippen molar-refractivity contribution in [2.45, 2.75) is 6.54 Å². The van der Waals surface area contributed by atoms with Gasteiger partial charge in [0, 0.05) is 18.1 Å². The van der Waals surface area contributed by atoms with Crippen LogP contribution in [0.15, 0.2) is 59.4 Å². The predicted octanol–water partition coefficient (Wildman–Crippen LogP) is 2.27. The average Bonchev–Trinajstić information content (AvgIpc) is 3.23. The van der Waals surface area contributed by atoms with Gasteiger partial charge in [0.25, 0.3) is 0 Å². The van der Waals surface area contributed by atoms with Crippen molar-refractivity contribution in [3.63, 3.8) is 0 Å². The van der Waals surface area contributed by atoms with Crippen LogP contribution in [0, 0.1) is 0 Å². The third kappa shape index (κ3) is 3.00. The molecule has 26 heavy (non-hydrogen) atoms. The molecule has 0 bridgehead atoms. The Kier molecular flexibility index (Phi) is 4.88. The first-order chi connectivity index (χ1) is 12.2. The van der Waals surface area contributed by atoms with E-state index in [1.54, 1.807) is 12.4 Å². The number of H-pyrrole nitrogens is 1. The molecule has 7 nitrogen and oxygen atoms in total. The second-order valence-corrected chi connectivity index (χ2v) is 5.73. The molecule has 0 spiro atoms. The molecule has 4 aromatic rings. The lowest BCUT2D eigenvalue weighted by Crippen LogP contribution is -2.23. The Bertz CT molecular complexity index is 1160. The van der Waals surface area contributed by atoms with Crippen molar-refractivity contribution in [3.8, 4) is 11.1 Å². The molecule has 0 aliphatic heterocycles. The van der Waals surface area contributed by atoms with Crippen molar-refractivity contribution in [1.29, 1.82) is 0 Å². The Hall–Kier alpha value is -2.97. The number of benzene rings is 1. The maximum absolute atomic E-state index is 12.7. The highest BCUT2D eigenvalue weighted by Gasteiger charge is 2.10. The average molecular weight is 375 g/mol. The number of nitrogens with two attached hydrogens (primary N) is 1. The summed E-state index contributed by atoms with van der Waals surface area (Å²) in [5.41, 5.74) is 8.73. The van der Waals surface area contributed by atoms with Gasteiger partial charge in [-0.15, -0.1) is 17.5 Å². The van der Waals surface area contributed by atoms with Crippen LogP contribution in [0.25, 0.3) is 27.7 Å². The van der Waals surface area contributed by atoms with Crippen LogP contribution in [0.2, 0.25) is 0 Å². The van der Waals surface area contributed by atoms with Gasteiger partial charge < -0.3 is 5.73 Å².